The number of piperazine rings is 1. The summed E-state index contributed by atoms with van der Waals surface area (Å²) in [5.74, 6) is 0.129. The van der Waals surface area contributed by atoms with Gasteiger partial charge in [-0.1, -0.05) is 41.4 Å². The lowest BCUT2D eigenvalue weighted by atomic mass is 10.1. The summed E-state index contributed by atoms with van der Waals surface area (Å²) in [7, 11) is -2.46. The zero-order valence-electron chi connectivity index (χ0n) is 20.3. The van der Waals surface area contributed by atoms with Gasteiger partial charge in [0, 0.05) is 31.9 Å². The predicted octanol–water partition coefficient (Wildman–Crippen LogP) is 3.94. The second-order valence-corrected chi connectivity index (χ2v) is 12.3. The minimum absolute atomic E-state index is 0.0423. The van der Waals surface area contributed by atoms with Crippen molar-refractivity contribution in [2.24, 2.45) is 0 Å². The van der Waals surface area contributed by atoms with Gasteiger partial charge in [-0.25, -0.2) is 13.2 Å². The molecule has 196 valence electrons. The molecule has 0 aliphatic carbocycles. The Morgan fingerprint density at radius 3 is 2.54 bits per heavy atom. The highest BCUT2D eigenvalue weighted by atomic mass is 35.5. The molecule has 1 atom stereocenters. The first-order valence-corrected chi connectivity index (χ1v) is 14.1. The first kappa shape index (κ1) is 26.9. The van der Waals surface area contributed by atoms with E-state index in [1.165, 1.54) is 17.0 Å². The van der Waals surface area contributed by atoms with Crippen molar-refractivity contribution in [3.8, 4) is 5.75 Å². The number of benzene rings is 2. The molecular formula is C25H27ClN4O5S2. The van der Waals surface area contributed by atoms with Gasteiger partial charge in [-0.3, -0.25) is 4.79 Å². The first-order valence-electron chi connectivity index (χ1n) is 11.5. The van der Waals surface area contributed by atoms with Crippen LogP contribution in [0.4, 0.5) is 10.5 Å². The van der Waals surface area contributed by atoms with Crippen LogP contribution in [0, 0.1) is 6.92 Å². The zero-order valence-corrected chi connectivity index (χ0v) is 22.7. The third-order valence-electron chi connectivity index (χ3n) is 5.94. The van der Waals surface area contributed by atoms with Crippen molar-refractivity contribution in [2.45, 2.75) is 23.7 Å². The monoisotopic (exact) mass is 562 g/mol. The summed E-state index contributed by atoms with van der Waals surface area (Å²) in [6.07, 6.45) is 0. The number of amides is 3. The second-order valence-electron chi connectivity index (χ2n) is 8.50. The van der Waals surface area contributed by atoms with E-state index in [4.69, 9.17) is 16.3 Å². The maximum atomic E-state index is 13.4. The average molecular weight is 563 g/mol. The Morgan fingerprint density at radius 2 is 1.86 bits per heavy atom. The summed E-state index contributed by atoms with van der Waals surface area (Å²) in [6.45, 7) is 2.08. The van der Waals surface area contributed by atoms with Gasteiger partial charge < -0.3 is 20.3 Å². The van der Waals surface area contributed by atoms with Crippen molar-refractivity contribution in [1.82, 2.24) is 14.5 Å². The second kappa shape index (κ2) is 11.5. The van der Waals surface area contributed by atoms with Crippen LogP contribution in [-0.2, 0) is 21.4 Å². The summed E-state index contributed by atoms with van der Waals surface area (Å²) in [4.78, 5) is 27.8. The fourth-order valence-electron chi connectivity index (χ4n) is 3.93. The number of thiophene rings is 1. The number of sulfonamides is 1. The third kappa shape index (κ3) is 6.42. The molecule has 37 heavy (non-hydrogen) atoms. The number of rotatable bonds is 7. The molecule has 0 radical (unpaired) electrons. The third-order valence-corrected chi connectivity index (χ3v) is 9.54. The van der Waals surface area contributed by atoms with Gasteiger partial charge in [0.25, 0.3) is 10.0 Å². The number of hydrogen-bond acceptors (Lipinski definition) is 6. The van der Waals surface area contributed by atoms with E-state index in [2.05, 4.69) is 10.6 Å². The lowest BCUT2D eigenvalue weighted by molar-refractivity contribution is -0.126. The minimum Gasteiger partial charge on any atom is -0.497 e. The van der Waals surface area contributed by atoms with Crippen LogP contribution in [0.3, 0.4) is 0 Å². The zero-order chi connectivity index (χ0) is 26.6. The summed E-state index contributed by atoms with van der Waals surface area (Å²) < 4.78 is 33.6. The van der Waals surface area contributed by atoms with Crippen LogP contribution in [0.5, 0.6) is 5.75 Å². The molecule has 1 aliphatic rings. The number of nitrogens with one attached hydrogen (secondary N) is 2. The number of anilines is 1. The van der Waals surface area contributed by atoms with Crippen LogP contribution in [0.2, 0.25) is 4.34 Å². The van der Waals surface area contributed by atoms with Crippen molar-refractivity contribution in [3.05, 3.63) is 76.1 Å². The van der Waals surface area contributed by atoms with Crippen LogP contribution in [-0.4, -0.2) is 62.3 Å². The number of ether oxygens (including phenoxy) is 1. The number of urea groups is 1. The topological polar surface area (TPSA) is 108 Å². The molecule has 0 bridgehead atoms. The Hall–Kier alpha value is -3.12. The maximum absolute atomic E-state index is 13.4. The molecule has 1 aromatic heterocycles. The quantitative estimate of drug-likeness (QED) is 0.453. The molecule has 1 unspecified atom stereocenters. The summed E-state index contributed by atoms with van der Waals surface area (Å²) in [5.41, 5.74) is 2.45. The van der Waals surface area contributed by atoms with E-state index < -0.39 is 28.0 Å². The van der Waals surface area contributed by atoms with Gasteiger partial charge >= 0.3 is 6.03 Å². The van der Waals surface area contributed by atoms with Crippen molar-refractivity contribution >= 4 is 50.6 Å². The van der Waals surface area contributed by atoms with E-state index in [9.17, 15) is 18.0 Å². The lowest BCUT2D eigenvalue weighted by Gasteiger charge is -2.39. The number of carbonyl (C=O) groups excluding carboxylic acids is 2. The van der Waals surface area contributed by atoms with Gasteiger partial charge in [-0.15, -0.1) is 11.3 Å². The number of carbonyl (C=O) groups is 2. The number of aryl methyl sites for hydroxylation is 1. The average Bonchev–Trinajstić information content (AvgIpc) is 3.35. The highest BCUT2D eigenvalue weighted by Crippen LogP contribution is 2.30. The maximum Gasteiger partial charge on any atom is 0.321 e. The van der Waals surface area contributed by atoms with Gasteiger partial charge in [-0.05, 0) is 48.9 Å². The van der Waals surface area contributed by atoms with Crippen LogP contribution < -0.4 is 15.4 Å². The standard InChI is InChI=1S/C25H27ClN4O5S2/c1-17-6-8-19(9-7-17)28-25(32)29-12-13-30(37(33,34)23-11-10-22(26)36-23)21(16-29)24(31)27-15-18-4-3-5-20(14-18)35-2/h3-11,14,21H,12-13,15-16H2,1-2H3,(H,27,31)(H,28,32). The van der Waals surface area contributed by atoms with Crippen molar-refractivity contribution in [2.75, 3.05) is 32.1 Å². The van der Waals surface area contributed by atoms with E-state index in [1.54, 1.807) is 37.4 Å². The Bertz CT molecular complexity index is 1380. The molecule has 1 saturated heterocycles. The number of nitrogens with zero attached hydrogens (tertiary/aromatic N) is 2. The molecule has 0 saturated carbocycles. The highest BCUT2D eigenvalue weighted by molar-refractivity contribution is 7.91. The van der Waals surface area contributed by atoms with E-state index in [1.807, 2.05) is 25.1 Å². The van der Waals surface area contributed by atoms with E-state index >= 15 is 0 Å². The largest absolute Gasteiger partial charge is 0.497 e. The Labute approximate surface area is 225 Å². The molecule has 2 heterocycles. The van der Waals surface area contributed by atoms with Crippen LogP contribution in [0.25, 0.3) is 0 Å². The summed E-state index contributed by atoms with van der Waals surface area (Å²) in [6, 6.07) is 15.9. The van der Waals surface area contributed by atoms with E-state index in [0.29, 0.717) is 15.8 Å². The van der Waals surface area contributed by atoms with Gasteiger partial charge in [0.2, 0.25) is 5.91 Å². The molecule has 3 amide bonds. The fraction of sp³-hybridized carbons (Fsp3) is 0.280. The number of halogens is 1. The summed E-state index contributed by atoms with van der Waals surface area (Å²) >= 11 is 6.91. The summed E-state index contributed by atoms with van der Waals surface area (Å²) in [5, 5.41) is 5.63. The lowest BCUT2D eigenvalue weighted by Crippen LogP contribution is -2.61. The molecule has 1 fully saturated rings. The fourth-order valence-corrected chi connectivity index (χ4v) is 7.12. The van der Waals surface area contributed by atoms with Crippen LogP contribution >= 0.6 is 22.9 Å². The predicted molar refractivity (Wildman–Crippen MR) is 144 cm³/mol. The van der Waals surface area contributed by atoms with Gasteiger partial charge in [0.1, 0.15) is 16.0 Å². The molecule has 2 N–H and O–H groups in total. The van der Waals surface area contributed by atoms with E-state index in [-0.39, 0.29) is 30.4 Å². The molecule has 0 spiro atoms. The molecule has 2 aromatic carbocycles. The molecule has 3 aromatic rings. The van der Waals surface area contributed by atoms with Crippen molar-refractivity contribution < 1.29 is 22.7 Å². The SMILES string of the molecule is COc1cccc(CNC(=O)C2CN(C(=O)Nc3ccc(C)cc3)CCN2S(=O)(=O)c2ccc(Cl)s2)c1. The van der Waals surface area contributed by atoms with Gasteiger partial charge in [-0.2, -0.15) is 4.31 Å². The molecule has 9 nitrogen and oxygen atoms in total. The number of methoxy groups -OCH3 is 1. The molecule has 1 aliphatic heterocycles. The van der Waals surface area contributed by atoms with Crippen molar-refractivity contribution in [1.29, 1.82) is 0 Å². The Balaban J connectivity index is 1.54. The smallest absolute Gasteiger partial charge is 0.321 e. The molecular weight excluding hydrogens is 536 g/mol. The number of hydrogen-bond donors (Lipinski definition) is 2. The van der Waals surface area contributed by atoms with Gasteiger partial charge in [0.05, 0.1) is 11.4 Å². The first-order chi connectivity index (χ1) is 17.7. The molecule has 4 rings (SSSR count). The van der Waals surface area contributed by atoms with Crippen LogP contribution in [0.15, 0.2) is 64.9 Å². The highest BCUT2D eigenvalue weighted by Gasteiger charge is 2.42. The minimum atomic E-state index is -4.01. The molecule has 12 heteroatoms. The Morgan fingerprint density at radius 1 is 1.11 bits per heavy atom. The Kier molecular flexibility index (Phi) is 8.38. The normalized spacial score (nSPS) is 16.3. The van der Waals surface area contributed by atoms with Crippen LogP contribution in [0.1, 0.15) is 11.1 Å². The van der Waals surface area contributed by atoms with E-state index in [0.717, 1.165) is 26.8 Å². The van der Waals surface area contributed by atoms with Gasteiger partial charge in [0.15, 0.2) is 0 Å². The van der Waals surface area contributed by atoms with Crippen molar-refractivity contribution in [3.63, 3.8) is 0 Å².